The molecule has 3 aromatic rings. The van der Waals surface area contributed by atoms with Gasteiger partial charge in [0, 0.05) is 54.7 Å². The van der Waals surface area contributed by atoms with Crippen LogP contribution in [-0.2, 0) is 17.6 Å². The third-order valence-corrected chi connectivity index (χ3v) is 5.88. The summed E-state index contributed by atoms with van der Waals surface area (Å²) in [4.78, 5) is 21.4. The van der Waals surface area contributed by atoms with Crippen LogP contribution in [0.4, 0.5) is 0 Å². The molecule has 0 aliphatic carbocycles. The summed E-state index contributed by atoms with van der Waals surface area (Å²) in [7, 11) is 0. The molecule has 5 heteroatoms. The molecule has 0 atom stereocenters. The average Bonchev–Trinajstić information content (AvgIpc) is 3.30. The Morgan fingerprint density at radius 3 is 2.72 bits per heavy atom. The number of nitrogens with zero attached hydrogens (tertiary/aromatic N) is 2. The van der Waals surface area contributed by atoms with Gasteiger partial charge in [-0.05, 0) is 29.5 Å². The van der Waals surface area contributed by atoms with E-state index in [4.69, 9.17) is 0 Å². The van der Waals surface area contributed by atoms with Crippen LogP contribution in [0.1, 0.15) is 10.4 Å². The van der Waals surface area contributed by atoms with E-state index in [1.165, 1.54) is 16.5 Å². The number of rotatable bonds is 5. The van der Waals surface area contributed by atoms with Gasteiger partial charge in [-0.15, -0.1) is 11.3 Å². The van der Waals surface area contributed by atoms with Crippen LogP contribution < -0.4 is 0 Å². The molecule has 0 spiro atoms. The number of aromatic nitrogens is 1. The molecule has 1 aliphatic rings. The SMILES string of the molecule is O=C(Cc1cccs1)N1CCN(CCc2c[nH]c3ccccc23)CC1. The van der Waals surface area contributed by atoms with E-state index in [1.54, 1.807) is 11.3 Å². The van der Waals surface area contributed by atoms with Crippen molar-refractivity contribution in [3.05, 3.63) is 58.4 Å². The van der Waals surface area contributed by atoms with Crippen molar-refractivity contribution in [3.8, 4) is 0 Å². The van der Waals surface area contributed by atoms with Crippen molar-refractivity contribution in [1.82, 2.24) is 14.8 Å². The maximum atomic E-state index is 12.4. The standard InChI is InChI=1S/C20H23N3OS/c24-20(14-17-4-3-13-25-17)23-11-9-22(10-12-23)8-7-16-15-21-19-6-2-1-5-18(16)19/h1-6,13,15,21H,7-12,14H2. The van der Waals surface area contributed by atoms with Crippen molar-refractivity contribution in [1.29, 1.82) is 0 Å². The summed E-state index contributed by atoms with van der Waals surface area (Å²) in [5.74, 6) is 0.263. The second-order valence-corrected chi connectivity index (χ2v) is 7.62. The average molecular weight is 353 g/mol. The fourth-order valence-electron chi connectivity index (χ4n) is 3.51. The zero-order chi connectivity index (χ0) is 17.1. The Kier molecular flexibility index (Phi) is 4.85. The lowest BCUT2D eigenvalue weighted by Gasteiger charge is -2.34. The Morgan fingerprint density at radius 1 is 1.08 bits per heavy atom. The Balaban J connectivity index is 1.27. The predicted octanol–water partition coefficient (Wildman–Crippen LogP) is 3.16. The van der Waals surface area contributed by atoms with Crippen molar-refractivity contribution in [3.63, 3.8) is 0 Å². The second kappa shape index (κ2) is 7.42. The number of piperazine rings is 1. The molecule has 1 fully saturated rings. The highest BCUT2D eigenvalue weighted by Gasteiger charge is 2.21. The molecule has 1 aromatic carbocycles. The number of nitrogens with one attached hydrogen (secondary N) is 1. The molecule has 1 aliphatic heterocycles. The second-order valence-electron chi connectivity index (χ2n) is 6.59. The summed E-state index contributed by atoms with van der Waals surface area (Å²) in [5, 5.41) is 3.36. The van der Waals surface area contributed by atoms with E-state index in [-0.39, 0.29) is 5.91 Å². The molecular weight excluding hydrogens is 330 g/mol. The Morgan fingerprint density at radius 2 is 1.92 bits per heavy atom. The molecule has 0 saturated carbocycles. The minimum atomic E-state index is 0.263. The van der Waals surface area contributed by atoms with E-state index in [2.05, 4.69) is 40.3 Å². The maximum Gasteiger partial charge on any atom is 0.227 e. The maximum absolute atomic E-state index is 12.4. The number of benzene rings is 1. The van der Waals surface area contributed by atoms with Gasteiger partial charge in [0.25, 0.3) is 0 Å². The summed E-state index contributed by atoms with van der Waals surface area (Å²) >= 11 is 1.66. The van der Waals surface area contributed by atoms with Crippen LogP contribution in [0.3, 0.4) is 0 Å². The number of thiophene rings is 1. The van der Waals surface area contributed by atoms with Crippen LogP contribution >= 0.6 is 11.3 Å². The fraction of sp³-hybridized carbons (Fsp3) is 0.350. The Bertz CT molecular complexity index is 832. The summed E-state index contributed by atoms with van der Waals surface area (Å²) in [6.45, 7) is 4.68. The highest BCUT2D eigenvalue weighted by Crippen LogP contribution is 2.18. The number of hydrogen-bond donors (Lipinski definition) is 1. The van der Waals surface area contributed by atoms with Gasteiger partial charge in [-0.2, -0.15) is 0 Å². The number of carbonyl (C=O) groups excluding carboxylic acids is 1. The van der Waals surface area contributed by atoms with Gasteiger partial charge in [-0.1, -0.05) is 24.3 Å². The summed E-state index contributed by atoms with van der Waals surface area (Å²) in [6, 6.07) is 12.5. The summed E-state index contributed by atoms with van der Waals surface area (Å²) in [5.41, 5.74) is 2.59. The summed E-state index contributed by atoms with van der Waals surface area (Å²) < 4.78 is 0. The van der Waals surface area contributed by atoms with E-state index in [0.717, 1.165) is 44.0 Å². The lowest BCUT2D eigenvalue weighted by molar-refractivity contribution is -0.132. The molecule has 3 heterocycles. The minimum absolute atomic E-state index is 0.263. The third-order valence-electron chi connectivity index (χ3n) is 5.00. The van der Waals surface area contributed by atoms with Gasteiger partial charge in [-0.3, -0.25) is 9.69 Å². The van der Waals surface area contributed by atoms with Crippen molar-refractivity contribution in [2.45, 2.75) is 12.8 Å². The topological polar surface area (TPSA) is 39.3 Å². The molecule has 1 N–H and O–H groups in total. The van der Waals surface area contributed by atoms with Crippen molar-refractivity contribution < 1.29 is 4.79 Å². The zero-order valence-corrected chi connectivity index (χ0v) is 15.1. The van der Waals surface area contributed by atoms with E-state index >= 15 is 0 Å². The number of para-hydroxylation sites is 1. The first-order valence-corrected chi connectivity index (χ1v) is 9.75. The quantitative estimate of drug-likeness (QED) is 0.765. The van der Waals surface area contributed by atoms with Crippen LogP contribution in [0.5, 0.6) is 0 Å². The van der Waals surface area contributed by atoms with Crippen molar-refractivity contribution >= 4 is 28.1 Å². The number of carbonyl (C=O) groups is 1. The van der Waals surface area contributed by atoms with Gasteiger partial charge in [0.15, 0.2) is 0 Å². The van der Waals surface area contributed by atoms with E-state index < -0.39 is 0 Å². The van der Waals surface area contributed by atoms with E-state index in [9.17, 15) is 4.79 Å². The van der Waals surface area contributed by atoms with E-state index in [0.29, 0.717) is 6.42 Å². The summed E-state index contributed by atoms with van der Waals surface area (Å²) in [6.07, 6.45) is 3.73. The minimum Gasteiger partial charge on any atom is -0.361 e. The van der Waals surface area contributed by atoms with Crippen LogP contribution in [0.15, 0.2) is 48.0 Å². The lowest BCUT2D eigenvalue weighted by Crippen LogP contribution is -2.49. The monoisotopic (exact) mass is 353 g/mol. The van der Waals surface area contributed by atoms with Gasteiger partial charge in [0.05, 0.1) is 6.42 Å². The molecule has 1 amide bonds. The number of hydrogen-bond acceptors (Lipinski definition) is 3. The number of aromatic amines is 1. The normalized spacial score (nSPS) is 15.8. The first-order chi connectivity index (χ1) is 12.3. The molecular formula is C20H23N3OS. The number of amides is 1. The molecule has 0 bridgehead atoms. The first-order valence-electron chi connectivity index (χ1n) is 8.87. The molecule has 0 unspecified atom stereocenters. The largest absolute Gasteiger partial charge is 0.361 e. The zero-order valence-electron chi connectivity index (χ0n) is 14.3. The lowest BCUT2D eigenvalue weighted by atomic mass is 10.1. The van der Waals surface area contributed by atoms with Crippen molar-refractivity contribution in [2.24, 2.45) is 0 Å². The molecule has 130 valence electrons. The van der Waals surface area contributed by atoms with Gasteiger partial charge in [0.1, 0.15) is 0 Å². The molecule has 4 rings (SSSR count). The highest BCUT2D eigenvalue weighted by atomic mass is 32.1. The molecule has 4 nitrogen and oxygen atoms in total. The predicted molar refractivity (Wildman–Crippen MR) is 103 cm³/mol. The molecule has 0 radical (unpaired) electrons. The van der Waals surface area contributed by atoms with Gasteiger partial charge >= 0.3 is 0 Å². The van der Waals surface area contributed by atoms with Crippen LogP contribution in [-0.4, -0.2) is 53.4 Å². The third kappa shape index (κ3) is 3.78. The molecule has 2 aromatic heterocycles. The van der Waals surface area contributed by atoms with E-state index in [1.807, 2.05) is 22.4 Å². The molecule has 25 heavy (non-hydrogen) atoms. The Hall–Kier alpha value is -2.11. The number of H-pyrrole nitrogens is 1. The van der Waals surface area contributed by atoms with Gasteiger partial charge in [-0.25, -0.2) is 0 Å². The fourth-order valence-corrected chi connectivity index (χ4v) is 4.21. The first kappa shape index (κ1) is 16.4. The van der Waals surface area contributed by atoms with Crippen molar-refractivity contribution in [2.75, 3.05) is 32.7 Å². The smallest absolute Gasteiger partial charge is 0.227 e. The number of fused-ring (bicyclic) bond motifs is 1. The highest BCUT2D eigenvalue weighted by molar-refractivity contribution is 7.10. The molecule has 1 saturated heterocycles. The van der Waals surface area contributed by atoms with Crippen LogP contribution in [0.25, 0.3) is 10.9 Å². The Labute approximate surface area is 152 Å². The van der Waals surface area contributed by atoms with Crippen LogP contribution in [0, 0.1) is 0 Å². The van der Waals surface area contributed by atoms with Crippen LogP contribution in [0.2, 0.25) is 0 Å². The van der Waals surface area contributed by atoms with Gasteiger partial charge in [0.2, 0.25) is 5.91 Å². The van der Waals surface area contributed by atoms with Gasteiger partial charge < -0.3 is 9.88 Å².